The largest absolute Gasteiger partial charge is 0.352 e. The van der Waals surface area contributed by atoms with Gasteiger partial charge in [0.2, 0.25) is 0 Å². The zero-order valence-corrected chi connectivity index (χ0v) is 10.8. The summed E-state index contributed by atoms with van der Waals surface area (Å²) in [7, 11) is 0. The first-order valence-corrected chi connectivity index (χ1v) is 6.48. The molecule has 0 saturated carbocycles. The molecule has 1 heterocycles. The minimum atomic E-state index is -0.435. The van der Waals surface area contributed by atoms with Crippen LogP contribution in [-0.2, 0) is 0 Å². The standard InChI is InChI=1S/C13H16ClFN2O/c14-12-7-10(15)1-2-11(12)13(18)17-8-9-3-5-16-6-4-9/h1-2,7,9,16H,3-6,8H2,(H,17,18). The van der Waals surface area contributed by atoms with Gasteiger partial charge in [0.05, 0.1) is 10.6 Å². The fourth-order valence-electron chi connectivity index (χ4n) is 2.09. The highest BCUT2D eigenvalue weighted by atomic mass is 35.5. The van der Waals surface area contributed by atoms with Crippen LogP contribution in [0.2, 0.25) is 5.02 Å². The molecule has 1 aliphatic rings. The van der Waals surface area contributed by atoms with E-state index in [-0.39, 0.29) is 10.9 Å². The van der Waals surface area contributed by atoms with E-state index in [1.165, 1.54) is 12.1 Å². The smallest absolute Gasteiger partial charge is 0.252 e. The third-order valence-electron chi connectivity index (χ3n) is 3.19. The van der Waals surface area contributed by atoms with Gasteiger partial charge >= 0.3 is 0 Å². The van der Waals surface area contributed by atoms with Gasteiger partial charge in [-0.05, 0) is 50.0 Å². The third kappa shape index (κ3) is 3.43. The second kappa shape index (κ2) is 6.16. The average Bonchev–Trinajstić information content (AvgIpc) is 2.37. The molecule has 1 saturated heterocycles. The summed E-state index contributed by atoms with van der Waals surface area (Å²) < 4.78 is 12.9. The molecule has 5 heteroatoms. The number of halogens is 2. The number of carbonyl (C=O) groups is 1. The normalized spacial score (nSPS) is 16.6. The summed E-state index contributed by atoms with van der Waals surface area (Å²) in [5, 5.41) is 6.28. The number of benzene rings is 1. The van der Waals surface area contributed by atoms with Crippen molar-refractivity contribution in [3.8, 4) is 0 Å². The molecule has 1 aromatic rings. The van der Waals surface area contributed by atoms with E-state index in [2.05, 4.69) is 10.6 Å². The number of nitrogens with one attached hydrogen (secondary N) is 2. The van der Waals surface area contributed by atoms with Crippen LogP contribution in [0.1, 0.15) is 23.2 Å². The molecule has 0 bridgehead atoms. The van der Waals surface area contributed by atoms with Crippen molar-refractivity contribution < 1.29 is 9.18 Å². The van der Waals surface area contributed by atoms with Crippen LogP contribution in [0.4, 0.5) is 4.39 Å². The molecule has 0 aromatic heterocycles. The van der Waals surface area contributed by atoms with Crippen LogP contribution in [0.25, 0.3) is 0 Å². The van der Waals surface area contributed by atoms with E-state index in [1.54, 1.807) is 0 Å². The Balaban J connectivity index is 1.90. The Kier molecular flexibility index (Phi) is 4.55. The summed E-state index contributed by atoms with van der Waals surface area (Å²) in [6.07, 6.45) is 2.13. The van der Waals surface area contributed by atoms with Crippen LogP contribution < -0.4 is 10.6 Å². The molecule has 3 nitrogen and oxygen atoms in total. The van der Waals surface area contributed by atoms with Crippen molar-refractivity contribution in [2.45, 2.75) is 12.8 Å². The van der Waals surface area contributed by atoms with Gasteiger partial charge < -0.3 is 10.6 Å². The molecule has 0 unspecified atom stereocenters. The summed E-state index contributed by atoms with van der Waals surface area (Å²) in [4.78, 5) is 11.9. The summed E-state index contributed by atoms with van der Waals surface area (Å²) in [5.74, 6) is -0.164. The molecule has 2 rings (SSSR count). The lowest BCUT2D eigenvalue weighted by molar-refractivity contribution is 0.0944. The van der Waals surface area contributed by atoms with Gasteiger partial charge in [-0.25, -0.2) is 4.39 Å². The van der Waals surface area contributed by atoms with Gasteiger partial charge in [-0.2, -0.15) is 0 Å². The molecule has 0 atom stereocenters. The van der Waals surface area contributed by atoms with Crippen LogP contribution >= 0.6 is 11.6 Å². The van der Waals surface area contributed by atoms with Crippen molar-refractivity contribution in [3.63, 3.8) is 0 Å². The maximum absolute atomic E-state index is 12.9. The van der Waals surface area contributed by atoms with Gasteiger partial charge in [0.25, 0.3) is 5.91 Å². The van der Waals surface area contributed by atoms with Crippen molar-refractivity contribution in [2.24, 2.45) is 5.92 Å². The Labute approximate surface area is 111 Å². The van der Waals surface area contributed by atoms with E-state index in [0.717, 1.165) is 32.0 Å². The highest BCUT2D eigenvalue weighted by Crippen LogP contribution is 2.17. The van der Waals surface area contributed by atoms with Crippen molar-refractivity contribution in [2.75, 3.05) is 19.6 Å². The number of hydrogen-bond acceptors (Lipinski definition) is 2. The number of carbonyl (C=O) groups excluding carboxylic acids is 1. The van der Waals surface area contributed by atoms with Crippen LogP contribution in [0.5, 0.6) is 0 Å². The molecule has 1 amide bonds. The Morgan fingerprint density at radius 1 is 1.44 bits per heavy atom. The van der Waals surface area contributed by atoms with Crippen LogP contribution in [0.3, 0.4) is 0 Å². The maximum Gasteiger partial charge on any atom is 0.252 e. The second-order valence-electron chi connectivity index (χ2n) is 4.53. The minimum Gasteiger partial charge on any atom is -0.352 e. The molecule has 18 heavy (non-hydrogen) atoms. The van der Waals surface area contributed by atoms with Gasteiger partial charge in [-0.1, -0.05) is 11.6 Å². The monoisotopic (exact) mass is 270 g/mol. The Morgan fingerprint density at radius 3 is 2.83 bits per heavy atom. The second-order valence-corrected chi connectivity index (χ2v) is 4.93. The van der Waals surface area contributed by atoms with Gasteiger partial charge in [0.1, 0.15) is 5.82 Å². The molecule has 0 spiro atoms. The predicted molar refractivity (Wildman–Crippen MR) is 69.3 cm³/mol. The lowest BCUT2D eigenvalue weighted by Crippen LogP contribution is -2.36. The molecule has 1 fully saturated rings. The zero-order valence-electron chi connectivity index (χ0n) is 10.0. The molecule has 1 aromatic carbocycles. The molecule has 98 valence electrons. The SMILES string of the molecule is O=C(NCC1CCNCC1)c1ccc(F)cc1Cl. The summed E-state index contributed by atoms with van der Waals surface area (Å²) >= 11 is 5.84. The van der Waals surface area contributed by atoms with Crippen LogP contribution in [-0.4, -0.2) is 25.5 Å². The van der Waals surface area contributed by atoms with E-state index in [1.807, 2.05) is 0 Å². The lowest BCUT2D eigenvalue weighted by atomic mass is 9.98. The minimum absolute atomic E-state index is 0.151. The lowest BCUT2D eigenvalue weighted by Gasteiger charge is -2.22. The van der Waals surface area contributed by atoms with Crippen LogP contribution in [0, 0.1) is 11.7 Å². The van der Waals surface area contributed by atoms with Gasteiger partial charge in [0.15, 0.2) is 0 Å². The predicted octanol–water partition coefficient (Wildman–Crippen LogP) is 2.21. The van der Waals surface area contributed by atoms with Crippen molar-refractivity contribution >= 4 is 17.5 Å². The van der Waals surface area contributed by atoms with Crippen molar-refractivity contribution in [1.29, 1.82) is 0 Å². The van der Waals surface area contributed by atoms with E-state index < -0.39 is 5.82 Å². The number of piperidine rings is 1. The summed E-state index contributed by atoms with van der Waals surface area (Å²) in [6, 6.07) is 3.81. The van der Waals surface area contributed by atoms with Gasteiger partial charge in [0, 0.05) is 6.54 Å². The average molecular weight is 271 g/mol. The topological polar surface area (TPSA) is 41.1 Å². The quantitative estimate of drug-likeness (QED) is 0.884. The molecule has 0 aliphatic carbocycles. The van der Waals surface area contributed by atoms with Crippen molar-refractivity contribution in [1.82, 2.24) is 10.6 Å². The fraction of sp³-hybridized carbons (Fsp3) is 0.462. The van der Waals surface area contributed by atoms with Gasteiger partial charge in [-0.3, -0.25) is 4.79 Å². The Hall–Kier alpha value is -1.13. The Morgan fingerprint density at radius 2 is 2.17 bits per heavy atom. The van der Waals surface area contributed by atoms with E-state index in [9.17, 15) is 9.18 Å². The molecular weight excluding hydrogens is 255 g/mol. The zero-order chi connectivity index (χ0) is 13.0. The number of amides is 1. The molecular formula is C13H16ClFN2O. The fourth-order valence-corrected chi connectivity index (χ4v) is 2.34. The van der Waals surface area contributed by atoms with E-state index >= 15 is 0 Å². The molecule has 1 aliphatic heterocycles. The Bertz CT molecular complexity index is 433. The highest BCUT2D eigenvalue weighted by molar-refractivity contribution is 6.33. The number of rotatable bonds is 3. The first kappa shape index (κ1) is 13.3. The third-order valence-corrected chi connectivity index (χ3v) is 3.50. The first-order valence-electron chi connectivity index (χ1n) is 6.11. The number of hydrogen-bond donors (Lipinski definition) is 2. The molecule has 0 radical (unpaired) electrons. The van der Waals surface area contributed by atoms with E-state index in [4.69, 9.17) is 11.6 Å². The van der Waals surface area contributed by atoms with Crippen molar-refractivity contribution in [3.05, 3.63) is 34.6 Å². The first-order chi connectivity index (χ1) is 8.66. The van der Waals surface area contributed by atoms with Gasteiger partial charge in [-0.15, -0.1) is 0 Å². The highest BCUT2D eigenvalue weighted by Gasteiger charge is 2.16. The summed E-state index contributed by atoms with van der Waals surface area (Å²) in [6.45, 7) is 2.64. The maximum atomic E-state index is 12.9. The van der Waals surface area contributed by atoms with Crippen LogP contribution in [0.15, 0.2) is 18.2 Å². The summed E-state index contributed by atoms with van der Waals surface area (Å²) in [5.41, 5.74) is 0.326. The molecule has 2 N–H and O–H groups in total. The van der Waals surface area contributed by atoms with E-state index in [0.29, 0.717) is 18.0 Å².